The molecule has 0 heterocycles. The van der Waals surface area contributed by atoms with Crippen molar-refractivity contribution in [1.29, 1.82) is 0 Å². The molecule has 0 saturated heterocycles. The van der Waals surface area contributed by atoms with Gasteiger partial charge in [0.25, 0.3) is 0 Å². The second kappa shape index (κ2) is 12.5. The summed E-state index contributed by atoms with van der Waals surface area (Å²) in [6.45, 7) is 4.29. The van der Waals surface area contributed by atoms with Gasteiger partial charge in [-0.2, -0.15) is 0 Å². The summed E-state index contributed by atoms with van der Waals surface area (Å²) in [5.41, 5.74) is 10.8. The van der Waals surface area contributed by atoms with Crippen molar-refractivity contribution >= 4 is 70.9 Å². The van der Waals surface area contributed by atoms with Crippen LogP contribution in [0.1, 0.15) is 11.1 Å². The molecule has 1 nitrogen and oxygen atoms in total. The van der Waals surface area contributed by atoms with E-state index in [0.29, 0.717) is 0 Å². The zero-order chi connectivity index (χ0) is 35.5. The second-order valence-electron chi connectivity index (χ2n) is 14.3. The smallest absolute Gasteiger partial charge is 0.0468 e. The van der Waals surface area contributed by atoms with E-state index in [-0.39, 0.29) is 0 Å². The van der Waals surface area contributed by atoms with Crippen molar-refractivity contribution in [3.05, 3.63) is 199 Å². The fourth-order valence-corrected chi connectivity index (χ4v) is 8.15. The maximum atomic E-state index is 2.44. The highest BCUT2D eigenvalue weighted by Crippen LogP contribution is 2.45. The summed E-state index contributed by atoms with van der Waals surface area (Å²) >= 11 is 0. The van der Waals surface area contributed by atoms with Gasteiger partial charge < -0.3 is 4.90 Å². The Morgan fingerprint density at radius 1 is 0.283 bits per heavy atom. The van der Waals surface area contributed by atoms with Crippen molar-refractivity contribution in [3.63, 3.8) is 0 Å². The predicted molar refractivity (Wildman–Crippen MR) is 229 cm³/mol. The van der Waals surface area contributed by atoms with Crippen molar-refractivity contribution in [3.8, 4) is 22.3 Å². The molecule has 0 unspecified atom stereocenters. The largest absolute Gasteiger partial charge is 0.310 e. The molecule has 0 fully saturated rings. The van der Waals surface area contributed by atoms with Gasteiger partial charge in [-0.3, -0.25) is 0 Å². The number of aryl methyl sites for hydroxylation is 2. The van der Waals surface area contributed by atoms with Gasteiger partial charge in [0.1, 0.15) is 0 Å². The van der Waals surface area contributed by atoms with E-state index in [1.807, 2.05) is 0 Å². The molecule has 0 aliphatic rings. The number of hydrogen-bond donors (Lipinski definition) is 0. The summed E-state index contributed by atoms with van der Waals surface area (Å²) in [5.74, 6) is 0. The van der Waals surface area contributed by atoms with Gasteiger partial charge in [-0.25, -0.2) is 0 Å². The lowest BCUT2D eigenvalue weighted by Gasteiger charge is -2.27. The van der Waals surface area contributed by atoms with Crippen molar-refractivity contribution in [2.75, 3.05) is 4.90 Å². The van der Waals surface area contributed by atoms with E-state index < -0.39 is 0 Å². The average Bonchev–Trinajstić information content (AvgIpc) is 3.21. The number of nitrogens with zero attached hydrogens (tertiary/aromatic N) is 1. The first-order valence-electron chi connectivity index (χ1n) is 18.4. The van der Waals surface area contributed by atoms with Crippen LogP contribution in [0.3, 0.4) is 0 Å². The molecule has 10 rings (SSSR count). The molecule has 0 aromatic heterocycles. The Hall–Kier alpha value is -6.70. The number of rotatable bonds is 5. The highest BCUT2D eigenvalue weighted by molar-refractivity contribution is 6.24. The zero-order valence-corrected chi connectivity index (χ0v) is 29.8. The lowest BCUT2D eigenvalue weighted by atomic mass is 9.87. The van der Waals surface area contributed by atoms with Crippen LogP contribution in [-0.2, 0) is 0 Å². The Balaban J connectivity index is 1.29. The Kier molecular flexibility index (Phi) is 7.33. The van der Waals surface area contributed by atoms with Crippen LogP contribution >= 0.6 is 0 Å². The van der Waals surface area contributed by atoms with Crippen LogP contribution in [-0.4, -0.2) is 0 Å². The van der Waals surface area contributed by atoms with Gasteiger partial charge in [0, 0.05) is 17.1 Å². The molecule has 0 saturated carbocycles. The first-order valence-corrected chi connectivity index (χ1v) is 18.4. The molecular formula is C52H37N. The normalized spacial score (nSPS) is 11.6. The molecule has 0 N–H and O–H groups in total. The fraction of sp³-hybridized carbons (Fsp3) is 0.0385. The van der Waals surface area contributed by atoms with Crippen molar-refractivity contribution < 1.29 is 0 Å². The molecule has 53 heavy (non-hydrogen) atoms. The summed E-state index contributed by atoms with van der Waals surface area (Å²) in [4.78, 5) is 2.38. The van der Waals surface area contributed by atoms with Crippen LogP contribution in [0.5, 0.6) is 0 Å². The number of anilines is 3. The zero-order valence-electron chi connectivity index (χ0n) is 29.8. The van der Waals surface area contributed by atoms with Gasteiger partial charge in [0.2, 0.25) is 0 Å². The standard InChI is InChI=1S/C52H37N/c1-34-15-23-42(24-16-34)53(43-25-17-35(2)18-26-43)44-27-28-47-50(31-44)49(41-22-20-37-10-4-6-12-39(37)30-41)33-51-46-14-8-7-13-45(46)48(32-52(47)51)40-21-19-36-9-3-5-11-38(36)29-40/h3-33H,1-2H3. The van der Waals surface area contributed by atoms with E-state index in [2.05, 4.69) is 207 Å². The summed E-state index contributed by atoms with van der Waals surface area (Å²) in [6.07, 6.45) is 0. The fourth-order valence-electron chi connectivity index (χ4n) is 8.15. The van der Waals surface area contributed by atoms with Crippen molar-refractivity contribution in [2.45, 2.75) is 13.8 Å². The Bertz CT molecular complexity index is 2960. The van der Waals surface area contributed by atoms with Crippen LogP contribution in [0.15, 0.2) is 188 Å². The molecule has 250 valence electrons. The van der Waals surface area contributed by atoms with Crippen molar-refractivity contribution in [1.82, 2.24) is 0 Å². The predicted octanol–water partition coefficient (Wildman–Crippen LogP) is 14.9. The molecule has 10 aromatic carbocycles. The number of benzene rings is 10. The first-order chi connectivity index (χ1) is 26.1. The number of hydrogen-bond acceptors (Lipinski definition) is 1. The highest BCUT2D eigenvalue weighted by Gasteiger charge is 2.18. The van der Waals surface area contributed by atoms with E-state index >= 15 is 0 Å². The second-order valence-corrected chi connectivity index (χ2v) is 14.3. The first kappa shape index (κ1) is 31.1. The maximum Gasteiger partial charge on any atom is 0.0468 e. The molecule has 0 spiro atoms. The van der Waals surface area contributed by atoms with Gasteiger partial charge in [-0.15, -0.1) is 0 Å². The Morgan fingerprint density at radius 3 is 1.26 bits per heavy atom. The molecular weight excluding hydrogens is 639 g/mol. The topological polar surface area (TPSA) is 3.24 Å². The third kappa shape index (κ3) is 5.41. The lowest BCUT2D eigenvalue weighted by Crippen LogP contribution is -2.10. The highest BCUT2D eigenvalue weighted by atomic mass is 15.1. The molecule has 0 atom stereocenters. The van der Waals surface area contributed by atoms with E-state index in [4.69, 9.17) is 0 Å². The third-order valence-corrected chi connectivity index (χ3v) is 10.9. The average molecular weight is 676 g/mol. The molecule has 0 radical (unpaired) electrons. The molecule has 0 aliphatic carbocycles. The SMILES string of the molecule is Cc1ccc(N(c2ccc(C)cc2)c2ccc3c(c2)c(-c2ccc4ccccc4c2)cc2c4ccccc4c(-c4ccc5ccccc5c4)cc32)cc1. The Morgan fingerprint density at radius 2 is 0.717 bits per heavy atom. The maximum absolute atomic E-state index is 2.44. The van der Waals surface area contributed by atoms with Gasteiger partial charge in [0.15, 0.2) is 0 Å². The summed E-state index contributed by atoms with van der Waals surface area (Å²) in [5, 5.41) is 12.5. The summed E-state index contributed by atoms with van der Waals surface area (Å²) in [7, 11) is 0. The monoisotopic (exact) mass is 675 g/mol. The van der Waals surface area contributed by atoms with Gasteiger partial charge in [0.05, 0.1) is 0 Å². The molecule has 10 aromatic rings. The van der Waals surface area contributed by atoms with Crippen LogP contribution in [0, 0.1) is 13.8 Å². The van der Waals surface area contributed by atoms with E-state index in [9.17, 15) is 0 Å². The van der Waals surface area contributed by atoms with E-state index in [1.165, 1.54) is 87.2 Å². The molecule has 0 bridgehead atoms. The minimum atomic E-state index is 1.13. The number of fused-ring (bicyclic) bond motifs is 7. The Labute approximate surface area is 310 Å². The molecule has 0 aliphatic heterocycles. The third-order valence-electron chi connectivity index (χ3n) is 10.9. The minimum Gasteiger partial charge on any atom is -0.310 e. The molecule has 1 heteroatoms. The van der Waals surface area contributed by atoms with Crippen LogP contribution in [0.2, 0.25) is 0 Å². The minimum absolute atomic E-state index is 1.13. The summed E-state index contributed by atoms with van der Waals surface area (Å²) in [6, 6.07) is 69.6. The summed E-state index contributed by atoms with van der Waals surface area (Å²) < 4.78 is 0. The lowest BCUT2D eigenvalue weighted by molar-refractivity contribution is 1.27. The van der Waals surface area contributed by atoms with Gasteiger partial charge >= 0.3 is 0 Å². The van der Waals surface area contributed by atoms with E-state index in [1.54, 1.807) is 0 Å². The van der Waals surface area contributed by atoms with Crippen LogP contribution < -0.4 is 4.90 Å². The quantitative estimate of drug-likeness (QED) is 0.164. The molecule has 0 amide bonds. The van der Waals surface area contributed by atoms with Crippen molar-refractivity contribution in [2.24, 2.45) is 0 Å². The van der Waals surface area contributed by atoms with E-state index in [0.717, 1.165) is 17.1 Å². The van der Waals surface area contributed by atoms with Crippen LogP contribution in [0.25, 0.3) is 76.1 Å². The van der Waals surface area contributed by atoms with Gasteiger partial charge in [-0.1, -0.05) is 139 Å². The van der Waals surface area contributed by atoms with Gasteiger partial charge in [-0.05, 0) is 151 Å². The van der Waals surface area contributed by atoms with Crippen LogP contribution in [0.4, 0.5) is 17.1 Å².